The zero-order valence-corrected chi connectivity index (χ0v) is 15.6. The molecule has 0 radical (unpaired) electrons. The van der Waals surface area contributed by atoms with Gasteiger partial charge >= 0.3 is 0 Å². The van der Waals surface area contributed by atoms with Crippen LogP contribution in [0.25, 0.3) is 0 Å². The number of benzene rings is 1. The minimum Gasteiger partial charge on any atom is -0.337 e. The lowest BCUT2D eigenvalue weighted by Crippen LogP contribution is -2.38. The summed E-state index contributed by atoms with van der Waals surface area (Å²) in [5.41, 5.74) is 1.34. The molecule has 0 bridgehead atoms. The molecule has 0 saturated carbocycles. The van der Waals surface area contributed by atoms with Gasteiger partial charge in [0.2, 0.25) is 0 Å². The van der Waals surface area contributed by atoms with Gasteiger partial charge in [0.1, 0.15) is 0 Å². The maximum absolute atomic E-state index is 12.8. The number of thiophene rings is 1. The van der Waals surface area contributed by atoms with Crippen LogP contribution in [0.3, 0.4) is 0 Å². The molecule has 1 saturated heterocycles. The summed E-state index contributed by atoms with van der Waals surface area (Å²) in [5.74, 6) is 0.646. The summed E-state index contributed by atoms with van der Waals surface area (Å²) in [6.45, 7) is 7.32. The fourth-order valence-electron chi connectivity index (χ4n) is 3.23. The Balaban J connectivity index is 1.59. The first-order valence-corrected chi connectivity index (χ1v) is 9.49. The van der Waals surface area contributed by atoms with Crippen LogP contribution in [0.1, 0.15) is 46.3 Å². The van der Waals surface area contributed by atoms with Crippen molar-refractivity contribution >= 4 is 17.2 Å². The molecule has 1 amide bonds. The summed E-state index contributed by atoms with van der Waals surface area (Å²) in [4.78, 5) is 19.3. The maximum Gasteiger partial charge on any atom is 0.263 e. The van der Waals surface area contributed by atoms with Gasteiger partial charge in [0, 0.05) is 37.6 Å². The average molecular weight is 343 g/mol. The van der Waals surface area contributed by atoms with Crippen molar-refractivity contribution in [2.24, 2.45) is 0 Å². The van der Waals surface area contributed by atoms with E-state index in [1.54, 1.807) is 11.3 Å². The summed E-state index contributed by atoms with van der Waals surface area (Å²) in [6.07, 6.45) is 1.05. The Morgan fingerprint density at radius 2 is 2.00 bits per heavy atom. The van der Waals surface area contributed by atoms with Gasteiger partial charge in [0.05, 0.1) is 4.88 Å². The van der Waals surface area contributed by atoms with Crippen LogP contribution < -0.4 is 0 Å². The fraction of sp³-hybridized carbons (Fsp3) is 0.450. The van der Waals surface area contributed by atoms with Gasteiger partial charge in [-0.2, -0.15) is 0 Å². The SMILES string of the molecule is CC(C)c1ccc(C(=O)N(C)C2CCN(Cc3ccccc3)C2)s1. The first-order chi connectivity index (χ1) is 11.5. The van der Waals surface area contributed by atoms with Crippen molar-refractivity contribution in [3.05, 3.63) is 57.8 Å². The highest BCUT2D eigenvalue weighted by Crippen LogP contribution is 2.26. The Morgan fingerprint density at radius 3 is 2.67 bits per heavy atom. The van der Waals surface area contributed by atoms with Gasteiger partial charge < -0.3 is 4.90 Å². The molecule has 0 spiro atoms. The van der Waals surface area contributed by atoms with Gasteiger partial charge in [0.15, 0.2) is 0 Å². The van der Waals surface area contributed by atoms with Crippen LogP contribution >= 0.6 is 11.3 Å². The Kier molecular flexibility index (Phi) is 5.36. The van der Waals surface area contributed by atoms with E-state index in [0.717, 1.165) is 30.9 Å². The zero-order valence-electron chi connectivity index (χ0n) is 14.7. The fourth-order valence-corrected chi connectivity index (χ4v) is 4.22. The molecule has 2 aromatic rings. The van der Waals surface area contributed by atoms with E-state index in [0.29, 0.717) is 12.0 Å². The highest BCUT2D eigenvalue weighted by molar-refractivity contribution is 7.14. The average Bonchev–Trinajstić information content (AvgIpc) is 3.24. The molecule has 1 fully saturated rings. The normalized spacial score (nSPS) is 18.2. The smallest absolute Gasteiger partial charge is 0.263 e. The van der Waals surface area contributed by atoms with Crippen LogP contribution in [0.5, 0.6) is 0 Å². The lowest BCUT2D eigenvalue weighted by Gasteiger charge is -2.24. The van der Waals surface area contributed by atoms with Crippen LogP contribution in [0.4, 0.5) is 0 Å². The van der Waals surface area contributed by atoms with Crippen molar-refractivity contribution in [2.45, 2.75) is 38.8 Å². The van der Waals surface area contributed by atoms with Crippen molar-refractivity contribution in [2.75, 3.05) is 20.1 Å². The van der Waals surface area contributed by atoms with Gasteiger partial charge in [-0.1, -0.05) is 44.2 Å². The molecule has 1 atom stereocenters. The van der Waals surface area contributed by atoms with Crippen LogP contribution in [-0.2, 0) is 6.54 Å². The number of likely N-dealkylation sites (tertiary alicyclic amines) is 1. The number of carbonyl (C=O) groups excluding carboxylic acids is 1. The molecule has 4 heteroatoms. The molecule has 1 unspecified atom stereocenters. The van der Waals surface area contributed by atoms with Crippen molar-refractivity contribution < 1.29 is 4.79 Å². The Hall–Kier alpha value is -1.65. The van der Waals surface area contributed by atoms with Gasteiger partial charge in [0.25, 0.3) is 5.91 Å². The lowest BCUT2D eigenvalue weighted by molar-refractivity contribution is 0.0740. The molecule has 0 N–H and O–H groups in total. The summed E-state index contributed by atoms with van der Waals surface area (Å²) >= 11 is 1.63. The minimum absolute atomic E-state index is 0.165. The molecule has 3 nitrogen and oxygen atoms in total. The summed E-state index contributed by atoms with van der Waals surface area (Å²) < 4.78 is 0. The molecule has 0 aliphatic carbocycles. The second-order valence-corrected chi connectivity index (χ2v) is 8.05. The van der Waals surface area contributed by atoms with Gasteiger partial charge in [-0.25, -0.2) is 0 Å². The van der Waals surface area contributed by atoms with E-state index in [2.05, 4.69) is 55.1 Å². The third-order valence-electron chi connectivity index (χ3n) is 4.77. The standard InChI is InChI=1S/C20H26N2OS/c1-15(2)18-9-10-19(24-18)20(23)21(3)17-11-12-22(14-17)13-16-7-5-4-6-8-16/h4-10,15,17H,11-14H2,1-3H3. The van der Waals surface area contributed by atoms with Crippen molar-refractivity contribution in [1.82, 2.24) is 9.80 Å². The third kappa shape index (κ3) is 3.87. The molecule has 3 rings (SSSR count). The maximum atomic E-state index is 12.8. The number of hydrogen-bond donors (Lipinski definition) is 0. The van der Waals surface area contributed by atoms with Crippen molar-refractivity contribution in [1.29, 1.82) is 0 Å². The van der Waals surface area contributed by atoms with E-state index in [9.17, 15) is 4.79 Å². The number of likely N-dealkylation sites (N-methyl/N-ethyl adjacent to an activating group) is 1. The number of nitrogens with zero attached hydrogens (tertiary/aromatic N) is 2. The van der Waals surface area contributed by atoms with Gasteiger partial charge in [-0.05, 0) is 30.0 Å². The first-order valence-electron chi connectivity index (χ1n) is 8.67. The van der Waals surface area contributed by atoms with E-state index in [1.165, 1.54) is 10.4 Å². The minimum atomic E-state index is 0.165. The Labute approximate surface area is 148 Å². The predicted octanol–water partition coefficient (Wildman–Crippen LogP) is 4.22. The molecular formula is C20H26N2OS. The molecule has 1 aliphatic rings. The second-order valence-electron chi connectivity index (χ2n) is 6.94. The number of carbonyl (C=O) groups is 1. The predicted molar refractivity (Wildman–Crippen MR) is 101 cm³/mol. The largest absolute Gasteiger partial charge is 0.337 e. The molecular weight excluding hydrogens is 316 g/mol. The molecule has 24 heavy (non-hydrogen) atoms. The van der Waals surface area contributed by atoms with Gasteiger partial charge in [-0.15, -0.1) is 11.3 Å². The first kappa shape index (κ1) is 17.2. The Morgan fingerprint density at radius 1 is 1.25 bits per heavy atom. The second kappa shape index (κ2) is 7.49. The highest BCUT2D eigenvalue weighted by atomic mass is 32.1. The zero-order chi connectivity index (χ0) is 17.1. The molecule has 1 aromatic carbocycles. The van der Waals surface area contributed by atoms with Crippen molar-refractivity contribution in [3.63, 3.8) is 0 Å². The quantitative estimate of drug-likeness (QED) is 0.812. The number of hydrogen-bond acceptors (Lipinski definition) is 3. The van der Waals surface area contributed by atoms with E-state index < -0.39 is 0 Å². The van der Waals surface area contributed by atoms with Gasteiger partial charge in [-0.3, -0.25) is 9.69 Å². The molecule has 1 aliphatic heterocycles. The van der Waals surface area contributed by atoms with E-state index in [1.807, 2.05) is 18.0 Å². The molecule has 1 aromatic heterocycles. The number of amides is 1. The summed E-state index contributed by atoms with van der Waals surface area (Å²) in [5, 5.41) is 0. The summed E-state index contributed by atoms with van der Waals surface area (Å²) in [6, 6.07) is 14.9. The summed E-state index contributed by atoms with van der Waals surface area (Å²) in [7, 11) is 1.95. The van der Waals surface area contributed by atoms with Crippen LogP contribution in [0, 0.1) is 0 Å². The van der Waals surface area contributed by atoms with Crippen molar-refractivity contribution in [3.8, 4) is 0 Å². The van der Waals surface area contributed by atoms with E-state index in [4.69, 9.17) is 0 Å². The molecule has 2 heterocycles. The van der Waals surface area contributed by atoms with E-state index >= 15 is 0 Å². The van der Waals surface area contributed by atoms with Crippen LogP contribution in [0.15, 0.2) is 42.5 Å². The topological polar surface area (TPSA) is 23.6 Å². The number of rotatable bonds is 5. The van der Waals surface area contributed by atoms with Crippen LogP contribution in [-0.4, -0.2) is 41.9 Å². The Bertz CT molecular complexity index is 680. The third-order valence-corrected chi connectivity index (χ3v) is 6.14. The van der Waals surface area contributed by atoms with E-state index in [-0.39, 0.29) is 5.91 Å². The van der Waals surface area contributed by atoms with Crippen LogP contribution in [0.2, 0.25) is 0 Å². The monoisotopic (exact) mass is 342 g/mol. The molecule has 128 valence electrons. The highest BCUT2D eigenvalue weighted by Gasteiger charge is 2.29. The lowest BCUT2D eigenvalue weighted by atomic mass is 10.2.